The molecule has 2 aromatic heterocycles. The second-order valence-corrected chi connectivity index (χ2v) is 6.53. The maximum absolute atomic E-state index is 12.9. The molecule has 0 bridgehead atoms. The Hall–Kier alpha value is -3.06. The van der Waals surface area contributed by atoms with E-state index >= 15 is 0 Å². The largest absolute Gasteiger partial charge is 0.282 e. The molecule has 124 valence electrons. The van der Waals surface area contributed by atoms with Crippen LogP contribution >= 0.6 is 11.3 Å². The van der Waals surface area contributed by atoms with Crippen LogP contribution in [0.2, 0.25) is 0 Å². The van der Waals surface area contributed by atoms with Gasteiger partial charge < -0.3 is 0 Å². The average molecular weight is 349 g/mol. The van der Waals surface area contributed by atoms with Crippen molar-refractivity contribution in [1.29, 1.82) is 0 Å². The van der Waals surface area contributed by atoms with Gasteiger partial charge in [-0.25, -0.2) is 14.6 Å². The maximum Gasteiger partial charge on any atom is 0.250 e. The summed E-state index contributed by atoms with van der Waals surface area (Å²) in [5, 5.41) is 4.71. The van der Waals surface area contributed by atoms with Crippen molar-refractivity contribution >= 4 is 32.6 Å². The quantitative estimate of drug-likeness (QED) is 0.555. The predicted octanol–water partition coefficient (Wildman–Crippen LogP) is 3.12. The molecule has 6 nitrogen and oxygen atoms in total. The Morgan fingerprint density at radius 1 is 1.08 bits per heavy atom. The Morgan fingerprint density at radius 3 is 2.64 bits per heavy atom. The van der Waals surface area contributed by atoms with E-state index in [1.807, 2.05) is 54.6 Å². The summed E-state index contributed by atoms with van der Waals surface area (Å²) in [5.74, 6) is -0.0755. The standard InChI is InChI=1S/C18H15N5OS/c24-17(11-22-13-19-12-20-22)23(10-14-6-2-1-3-7-14)18-21-15-8-4-5-9-16(15)25-18/h1-9,12-13H,10-11H2. The van der Waals surface area contributed by atoms with E-state index in [0.717, 1.165) is 15.8 Å². The Labute approximate surface area is 148 Å². The molecule has 0 N–H and O–H groups in total. The lowest BCUT2D eigenvalue weighted by atomic mass is 10.2. The van der Waals surface area contributed by atoms with E-state index < -0.39 is 0 Å². The first kappa shape index (κ1) is 15.5. The molecule has 0 aliphatic rings. The molecule has 0 aliphatic heterocycles. The van der Waals surface area contributed by atoms with Crippen LogP contribution in [0.25, 0.3) is 10.2 Å². The van der Waals surface area contributed by atoms with Gasteiger partial charge in [-0.1, -0.05) is 53.8 Å². The molecule has 2 aromatic carbocycles. The highest BCUT2D eigenvalue weighted by molar-refractivity contribution is 7.22. The molecular formula is C18H15N5OS. The lowest BCUT2D eigenvalue weighted by molar-refractivity contribution is -0.119. The van der Waals surface area contributed by atoms with Crippen LogP contribution in [-0.4, -0.2) is 25.7 Å². The number of fused-ring (bicyclic) bond motifs is 1. The fourth-order valence-corrected chi connectivity index (χ4v) is 3.52. The van der Waals surface area contributed by atoms with Crippen LogP contribution in [0.15, 0.2) is 67.3 Å². The number of rotatable bonds is 5. The van der Waals surface area contributed by atoms with Crippen LogP contribution in [0.4, 0.5) is 5.13 Å². The van der Waals surface area contributed by atoms with E-state index in [0.29, 0.717) is 11.7 Å². The maximum atomic E-state index is 12.9. The first-order valence-electron chi connectivity index (χ1n) is 7.82. The summed E-state index contributed by atoms with van der Waals surface area (Å²) in [5.41, 5.74) is 1.95. The van der Waals surface area contributed by atoms with E-state index in [2.05, 4.69) is 15.1 Å². The van der Waals surface area contributed by atoms with Crippen molar-refractivity contribution in [2.24, 2.45) is 0 Å². The molecule has 0 saturated heterocycles. The monoisotopic (exact) mass is 349 g/mol. The number of hydrogen-bond acceptors (Lipinski definition) is 5. The van der Waals surface area contributed by atoms with Crippen LogP contribution in [-0.2, 0) is 17.9 Å². The lowest BCUT2D eigenvalue weighted by Gasteiger charge is -2.20. The molecule has 7 heteroatoms. The first-order chi connectivity index (χ1) is 12.3. The number of carbonyl (C=O) groups is 1. The van der Waals surface area contributed by atoms with Crippen molar-refractivity contribution in [2.75, 3.05) is 4.90 Å². The lowest BCUT2D eigenvalue weighted by Crippen LogP contribution is -2.33. The number of benzene rings is 2. The Bertz CT molecular complexity index is 948. The molecule has 0 fully saturated rings. The van der Waals surface area contributed by atoms with Gasteiger partial charge in [0.15, 0.2) is 5.13 Å². The number of anilines is 1. The molecule has 1 amide bonds. The van der Waals surface area contributed by atoms with Gasteiger partial charge >= 0.3 is 0 Å². The Kier molecular flexibility index (Phi) is 4.22. The minimum atomic E-state index is -0.0755. The van der Waals surface area contributed by atoms with Crippen LogP contribution in [0.5, 0.6) is 0 Å². The second kappa shape index (κ2) is 6.82. The van der Waals surface area contributed by atoms with Crippen LogP contribution in [0.1, 0.15) is 5.56 Å². The van der Waals surface area contributed by atoms with Crippen LogP contribution in [0.3, 0.4) is 0 Å². The third-order valence-corrected chi connectivity index (χ3v) is 4.82. The SMILES string of the molecule is O=C(Cn1cncn1)N(Cc1ccccc1)c1nc2ccccc2s1. The van der Waals surface area contributed by atoms with E-state index in [4.69, 9.17) is 0 Å². The summed E-state index contributed by atoms with van der Waals surface area (Å²) in [6.07, 6.45) is 2.96. The van der Waals surface area contributed by atoms with Crippen LogP contribution < -0.4 is 4.90 Å². The molecule has 2 heterocycles. The van der Waals surface area contributed by atoms with Gasteiger partial charge in [0.1, 0.15) is 19.2 Å². The fraction of sp³-hybridized carbons (Fsp3) is 0.111. The normalized spacial score (nSPS) is 10.9. The molecule has 0 saturated carbocycles. The zero-order valence-corrected chi connectivity index (χ0v) is 14.1. The summed E-state index contributed by atoms with van der Waals surface area (Å²) in [7, 11) is 0. The van der Waals surface area contributed by atoms with Gasteiger partial charge in [-0.2, -0.15) is 5.10 Å². The Morgan fingerprint density at radius 2 is 1.88 bits per heavy atom. The number of thiazole rings is 1. The van der Waals surface area contributed by atoms with Gasteiger partial charge in [0.25, 0.3) is 5.91 Å². The zero-order chi connectivity index (χ0) is 17.1. The third-order valence-electron chi connectivity index (χ3n) is 3.76. The van der Waals surface area contributed by atoms with Gasteiger partial charge in [0, 0.05) is 0 Å². The fourth-order valence-electron chi connectivity index (χ4n) is 2.54. The summed E-state index contributed by atoms with van der Waals surface area (Å²) < 4.78 is 2.58. The first-order valence-corrected chi connectivity index (χ1v) is 8.63. The van der Waals surface area contributed by atoms with Crippen molar-refractivity contribution in [1.82, 2.24) is 19.7 Å². The van der Waals surface area contributed by atoms with E-state index in [1.54, 1.807) is 4.90 Å². The number of para-hydroxylation sites is 1. The molecule has 0 atom stereocenters. The highest BCUT2D eigenvalue weighted by Crippen LogP contribution is 2.29. The van der Waals surface area contributed by atoms with Gasteiger partial charge in [-0.3, -0.25) is 9.69 Å². The second-order valence-electron chi connectivity index (χ2n) is 5.52. The molecule has 4 rings (SSSR count). The van der Waals surface area contributed by atoms with E-state index in [9.17, 15) is 4.79 Å². The van der Waals surface area contributed by atoms with Crippen molar-refractivity contribution in [3.05, 3.63) is 72.8 Å². The molecule has 4 aromatic rings. The van der Waals surface area contributed by atoms with Gasteiger partial charge in [-0.15, -0.1) is 0 Å². The summed E-state index contributed by atoms with van der Waals surface area (Å²) in [6.45, 7) is 0.594. The minimum Gasteiger partial charge on any atom is -0.282 e. The molecule has 0 aliphatic carbocycles. The van der Waals surface area contributed by atoms with Crippen molar-refractivity contribution in [3.63, 3.8) is 0 Å². The minimum absolute atomic E-state index is 0.0755. The average Bonchev–Trinajstić information content (AvgIpc) is 3.29. The van der Waals surface area contributed by atoms with Gasteiger partial charge in [-0.05, 0) is 17.7 Å². The highest BCUT2D eigenvalue weighted by atomic mass is 32.1. The molecule has 0 spiro atoms. The predicted molar refractivity (Wildman–Crippen MR) is 97.3 cm³/mol. The number of nitrogens with zero attached hydrogens (tertiary/aromatic N) is 5. The van der Waals surface area contributed by atoms with Gasteiger partial charge in [0.05, 0.1) is 16.8 Å². The van der Waals surface area contributed by atoms with Crippen molar-refractivity contribution < 1.29 is 4.79 Å². The topological polar surface area (TPSA) is 63.9 Å². The summed E-state index contributed by atoms with van der Waals surface area (Å²) in [6, 6.07) is 17.8. The van der Waals surface area contributed by atoms with Crippen molar-refractivity contribution in [3.8, 4) is 0 Å². The molecule has 0 unspecified atom stereocenters. The summed E-state index contributed by atoms with van der Waals surface area (Å²) >= 11 is 1.51. The highest BCUT2D eigenvalue weighted by Gasteiger charge is 2.20. The smallest absolute Gasteiger partial charge is 0.250 e. The number of carbonyl (C=O) groups excluding carboxylic acids is 1. The van der Waals surface area contributed by atoms with Crippen molar-refractivity contribution in [2.45, 2.75) is 13.1 Å². The summed E-state index contributed by atoms with van der Waals surface area (Å²) in [4.78, 5) is 23.1. The Balaban J connectivity index is 1.68. The van der Waals surface area contributed by atoms with Gasteiger partial charge in [0.2, 0.25) is 0 Å². The molecule has 25 heavy (non-hydrogen) atoms. The molecule has 0 radical (unpaired) electrons. The third kappa shape index (κ3) is 3.41. The molecular weight excluding hydrogens is 334 g/mol. The number of amides is 1. The number of aromatic nitrogens is 4. The van der Waals surface area contributed by atoms with Crippen LogP contribution in [0, 0.1) is 0 Å². The number of hydrogen-bond donors (Lipinski definition) is 0. The van der Waals surface area contributed by atoms with E-state index in [-0.39, 0.29) is 12.5 Å². The zero-order valence-electron chi connectivity index (χ0n) is 13.3. The van der Waals surface area contributed by atoms with E-state index in [1.165, 1.54) is 28.7 Å².